The number of para-hydroxylation sites is 1. The summed E-state index contributed by atoms with van der Waals surface area (Å²) in [6, 6.07) is 27.1. The molecule has 0 spiro atoms. The fourth-order valence-electron chi connectivity index (χ4n) is 14.9. The van der Waals surface area contributed by atoms with E-state index in [9.17, 15) is 57.7 Å². The molecule has 466 valence electrons. The molecule has 2 unspecified atom stereocenters. The summed E-state index contributed by atoms with van der Waals surface area (Å²) in [6.07, 6.45) is -1.93. The zero-order chi connectivity index (χ0) is 62.5. The van der Waals surface area contributed by atoms with Crippen LogP contribution in [0.25, 0.3) is 43.4 Å². The molecule has 12 rings (SSSR count). The number of hydrogen-bond acceptors (Lipinski definition) is 18. The summed E-state index contributed by atoms with van der Waals surface area (Å²) < 4.78 is 61.0. The van der Waals surface area contributed by atoms with E-state index < -0.39 is 83.4 Å². The maximum absolute atomic E-state index is 14.0. The van der Waals surface area contributed by atoms with Crippen LogP contribution in [0.2, 0.25) is 0 Å². The number of hydrogen-bond donors (Lipinski definition) is 8. The molecule has 4 saturated carbocycles. The number of thiazole rings is 1. The number of carbonyl (C=O) groups is 4. The van der Waals surface area contributed by atoms with Gasteiger partial charge in [0.1, 0.15) is 30.7 Å². The zero-order valence-electron chi connectivity index (χ0n) is 48.8. The van der Waals surface area contributed by atoms with E-state index in [0.717, 1.165) is 63.9 Å². The Hall–Kier alpha value is -7.46. The third kappa shape index (κ3) is 13.1. The number of fused-ring (bicyclic) bond motifs is 2. The molecule has 7 aromatic rings. The van der Waals surface area contributed by atoms with Gasteiger partial charge in [0.05, 0.1) is 40.1 Å². The second-order valence-electron chi connectivity index (χ2n) is 25.0. The number of ether oxygens (including phenoxy) is 4. The first-order chi connectivity index (χ1) is 41.8. The number of carboxylic acids is 2. The molecule has 4 heterocycles. The lowest BCUT2D eigenvalue weighted by Gasteiger charge is -2.69. The van der Waals surface area contributed by atoms with Crippen LogP contribution >= 0.6 is 11.3 Å². The standard InChI is InChI=1S/C63H71N7O16S2/c1-36-44(41-18-19-45(66-49(41)55(75)76)39-17-16-38-10-8-11-42(43(38)26-39)54(74)68-58-67-46-12-4-5-13-48(46)87-58)27-65-70(36)35-62-30-60(2)29-61(3,31-62)33-63(32-60,34-62)84-23-21-69(22-24-88(80,81)82)59(79)83-28-40-15-14-37(9-6-7-20-64)25-47(40)85-57-52(73)50(71)51(72)53(86-57)56(77)78/h4-5,8,10-19,25-27,50-53,57,71-73H,6-7,9,20-24,28-35,64H2,1-3H3,(H,75,76)(H,77,78)(H,67,68,74)(H,80,81,82)/t50-,51-,52+,53-,57+,60?,61?,62?,63?/m0/s1. The topological polar surface area (TPSA) is 346 Å². The number of carboxylic acid groups (broad SMARTS) is 2. The molecular formula is C63H71N7O16S2. The lowest BCUT2D eigenvalue weighted by molar-refractivity contribution is -0.271. The van der Waals surface area contributed by atoms with Gasteiger partial charge in [-0.15, -0.1) is 0 Å². The number of aryl methyl sites for hydroxylation is 1. The van der Waals surface area contributed by atoms with Gasteiger partial charge >= 0.3 is 18.0 Å². The molecule has 4 aliphatic carbocycles. The molecule has 7 atom stereocenters. The number of carbonyl (C=O) groups excluding carboxylic acids is 2. The van der Waals surface area contributed by atoms with Crippen LogP contribution < -0.4 is 15.8 Å². The SMILES string of the molecule is Cc1c(-c2ccc(-c3ccc4cccc(C(=O)Nc5nc6ccccc6s5)c4c3)nc2C(=O)O)cnn1CC12CC3(C)CC(C)(C1)CC(OCCN(CCS(=O)(=O)O)C(=O)OCc1ccc(CCCCN)cc1O[C@@H]1O[C@H](C(=O)O)[C@@H](O)[C@H](O)[C@H]1O)(C3)C2. The summed E-state index contributed by atoms with van der Waals surface area (Å²) in [5.41, 5.74) is 9.29. The van der Waals surface area contributed by atoms with Gasteiger partial charge in [-0.3, -0.25) is 19.3 Å². The first kappa shape index (κ1) is 62.2. The van der Waals surface area contributed by atoms with Gasteiger partial charge in [-0.25, -0.2) is 24.4 Å². The summed E-state index contributed by atoms with van der Waals surface area (Å²) >= 11 is 1.38. The van der Waals surface area contributed by atoms with Crippen molar-refractivity contribution < 1.29 is 76.6 Å². The Morgan fingerprint density at radius 3 is 2.35 bits per heavy atom. The number of aliphatic hydroxyl groups is 3. The highest BCUT2D eigenvalue weighted by Gasteiger charge is 2.66. The second kappa shape index (κ2) is 24.5. The number of pyridine rings is 1. The van der Waals surface area contributed by atoms with Gasteiger partial charge in [-0.2, -0.15) is 13.5 Å². The Kier molecular flexibility index (Phi) is 17.3. The number of aromatic nitrogens is 4. The quantitative estimate of drug-likeness (QED) is 0.0223. The van der Waals surface area contributed by atoms with Gasteiger partial charge in [-0.1, -0.05) is 73.7 Å². The van der Waals surface area contributed by atoms with Crippen LogP contribution in [-0.4, -0.2) is 155 Å². The van der Waals surface area contributed by atoms with Crippen LogP contribution in [0.15, 0.2) is 97.2 Å². The first-order valence-corrected chi connectivity index (χ1v) is 31.7. The number of aliphatic hydroxyl groups excluding tert-OH is 3. The molecule has 4 bridgehead atoms. The second-order valence-corrected chi connectivity index (χ2v) is 27.6. The Morgan fingerprint density at radius 2 is 1.62 bits per heavy atom. The van der Waals surface area contributed by atoms with E-state index in [1.165, 1.54) is 11.3 Å². The monoisotopic (exact) mass is 1250 g/mol. The Balaban J connectivity index is 0.788. The van der Waals surface area contributed by atoms with E-state index in [0.29, 0.717) is 77.2 Å². The number of amides is 2. The summed E-state index contributed by atoms with van der Waals surface area (Å²) in [7, 11) is -4.55. The van der Waals surface area contributed by atoms with Crippen LogP contribution in [0.4, 0.5) is 9.93 Å². The lowest BCUT2D eigenvalue weighted by Crippen LogP contribution is -2.64. The molecule has 4 aromatic carbocycles. The average molecular weight is 1250 g/mol. The van der Waals surface area contributed by atoms with Crippen molar-refractivity contribution in [3.05, 3.63) is 125 Å². The number of unbranched alkanes of at least 4 members (excludes halogenated alkanes) is 1. The van der Waals surface area contributed by atoms with Crippen molar-refractivity contribution in [2.24, 2.45) is 22.0 Å². The minimum atomic E-state index is -4.55. The number of nitrogens with two attached hydrogens (primary N) is 1. The maximum atomic E-state index is 14.0. The Labute approximate surface area is 511 Å². The minimum absolute atomic E-state index is 0.0116. The number of aromatic carboxylic acids is 1. The van der Waals surface area contributed by atoms with Gasteiger partial charge < -0.3 is 55.1 Å². The van der Waals surface area contributed by atoms with E-state index in [4.69, 9.17) is 34.8 Å². The number of anilines is 1. The van der Waals surface area contributed by atoms with Crippen LogP contribution in [0.3, 0.4) is 0 Å². The smallest absolute Gasteiger partial charge is 0.410 e. The van der Waals surface area contributed by atoms with Crippen molar-refractivity contribution in [3.63, 3.8) is 0 Å². The molecule has 3 aromatic heterocycles. The molecule has 0 radical (unpaired) electrons. The van der Waals surface area contributed by atoms with Crippen molar-refractivity contribution in [2.75, 3.05) is 37.3 Å². The molecule has 5 aliphatic rings. The fourth-order valence-corrected chi connectivity index (χ4v) is 16.2. The maximum Gasteiger partial charge on any atom is 0.410 e. The molecular weight excluding hydrogens is 1170 g/mol. The fraction of sp³-hybridized carbons (Fsp3) is 0.444. The third-order valence-electron chi connectivity index (χ3n) is 17.7. The molecule has 25 heteroatoms. The molecule has 5 fully saturated rings. The molecule has 1 aliphatic heterocycles. The highest BCUT2D eigenvalue weighted by molar-refractivity contribution is 7.85. The third-order valence-corrected chi connectivity index (χ3v) is 19.3. The highest BCUT2D eigenvalue weighted by atomic mass is 32.2. The van der Waals surface area contributed by atoms with Gasteiger partial charge in [0.15, 0.2) is 16.9 Å². The lowest BCUT2D eigenvalue weighted by atomic mass is 9.39. The number of nitrogens with zero attached hydrogens (tertiary/aromatic N) is 5. The van der Waals surface area contributed by atoms with Crippen molar-refractivity contribution in [3.8, 4) is 28.1 Å². The normalized spacial score (nSPS) is 25.7. The largest absolute Gasteiger partial charge is 0.479 e. The minimum Gasteiger partial charge on any atom is -0.479 e. The predicted octanol–water partition coefficient (Wildman–Crippen LogP) is 7.85. The summed E-state index contributed by atoms with van der Waals surface area (Å²) in [6.45, 7) is 6.38. The molecule has 9 N–H and O–H groups in total. The number of benzene rings is 4. The van der Waals surface area contributed by atoms with E-state index in [2.05, 4.69) is 24.1 Å². The highest BCUT2D eigenvalue weighted by Crippen LogP contribution is 2.72. The Morgan fingerprint density at radius 1 is 0.852 bits per heavy atom. The van der Waals surface area contributed by atoms with Crippen LogP contribution in [0.1, 0.15) is 103 Å². The predicted molar refractivity (Wildman–Crippen MR) is 324 cm³/mol. The Bertz CT molecular complexity index is 3900. The summed E-state index contributed by atoms with van der Waals surface area (Å²) in [4.78, 5) is 63.2. The van der Waals surface area contributed by atoms with Crippen LogP contribution in [-0.2, 0) is 48.7 Å². The van der Waals surface area contributed by atoms with Gasteiger partial charge in [0.25, 0.3) is 16.0 Å². The molecule has 2 amide bonds. The van der Waals surface area contributed by atoms with E-state index >= 15 is 0 Å². The first-order valence-electron chi connectivity index (χ1n) is 29.2. The van der Waals surface area contributed by atoms with Crippen molar-refractivity contribution in [2.45, 2.75) is 128 Å². The van der Waals surface area contributed by atoms with E-state index in [-0.39, 0.29) is 52.3 Å². The zero-order valence-corrected chi connectivity index (χ0v) is 50.5. The van der Waals surface area contributed by atoms with Gasteiger partial charge in [0.2, 0.25) is 6.29 Å². The molecule has 23 nitrogen and oxygen atoms in total. The number of nitrogens with one attached hydrogen (secondary N) is 1. The van der Waals surface area contributed by atoms with Gasteiger partial charge in [0, 0.05) is 53.1 Å². The number of rotatable bonds is 23. The van der Waals surface area contributed by atoms with Crippen molar-refractivity contribution in [1.29, 1.82) is 0 Å². The van der Waals surface area contributed by atoms with Crippen LogP contribution in [0.5, 0.6) is 5.75 Å². The van der Waals surface area contributed by atoms with E-state index in [1.54, 1.807) is 42.6 Å². The number of aliphatic carboxylic acids is 1. The average Bonchev–Trinajstić information content (AvgIpc) is 1.34. The summed E-state index contributed by atoms with van der Waals surface area (Å²) in [5.74, 6) is -3.94. The summed E-state index contributed by atoms with van der Waals surface area (Å²) in [5, 5.41) is 61.7. The van der Waals surface area contributed by atoms with E-state index in [1.807, 2.05) is 66.2 Å². The van der Waals surface area contributed by atoms with Gasteiger partial charge in [-0.05, 0) is 146 Å². The molecule has 1 saturated heterocycles. The van der Waals surface area contributed by atoms with Crippen molar-refractivity contribution >= 4 is 71.5 Å². The van der Waals surface area contributed by atoms with Crippen LogP contribution in [0, 0.1) is 23.2 Å². The molecule has 88 heavy (non-hydrogen) atoms. The van der Waals surface area contributed by atoms with Crippen molar-refractivity contribution in [1.82, 2.24) is 24.6 Å².